The maximum Gasteiger partial charge on any atom is 0.179 e. The number of benzene rings is 1. The summed E-state index contributed by atoms with van der Waals surface area (Å²) in [6.45, 7) is 5.21. The molecule has 5 nitrogen and oxygen atoms in total. The first-order valence-corrected chi connectivity index (χ1v) is 9.03. The number of methoxy groups -OCH3 is 1. The highest BCUT2D eigenvalue weighted by Crippen LogP contribution is 2.36. The van der Waals surface area contributed by atoms with Gasteiger partial charge in [-0.25, -0.2) is 8.42 Å². The molecule has 120 valence electrons. The van der Waals surface area contributed by atoms with E-state index in [0.29, 0.717) is 23.1 Å². The van der Waals surface area contributed by atoms with Crippen LogP contribution < -0.4 is 14.8 Å². The lowest BCUT2D eigenvalue weighted by Gasteiger charge is -2.14. The Morgan fingerprint density at radius 1 is 1.29 bits per heavy atom. The largest absolute Gasteiger partial charge is 0.493 e. The van der Waals surface area contributed by atoms with Crippen LogP contribution in [0.1, 0.15) is 19.4 Å². The van der Waals surface area contributed by atoms with E-state index in [1.807, 2.05) is 13.0 Å². The van der Waals surface area contributed by atoms with Crippen LogP contribution >= 0.6 is 11.6 Å². The molecule has 0 aliphatic rings. The Bertz CT molecular complexity index is 560. The van der Waals surface area contributed by atoms with Gasteiger partial charge in [-0.2, -0.15) is 0 Å². The highest BCUT2D eigenvalue weighted by Gasteiger charge is 2.14. The molecule has 0 bridgehead atoms. The molecule has 0 heterocycles. The Kier molecular flexibility index (Phi) is 7.28. The summed E-state index contributed by atoms with van der Waals surface area (Å²) in [7, 11) is -1.54. The monoisotopic (exact) mass is 335 g/mol. The minimum atomic E-state index is -3.06. The number of rotatable bonds is 9. The lowest BCUT2D eigenvalue weighted by Crippen LogP contribution is -2.16. The van der Waals surface area contributed by atoms with E-state index in [2.05, 4.69) is 5.32 Å². The van der Waals surface area contributed by atoms with Crippen molar-refractivity contribution in [3.8, 4) is 11.5 Å². The van der Waals surface area contributed by atoms with Gasteiger partial charge in [0.15, 0.2) is 21.3 Å². The fourth-order valence-corrected chi connectivity index (χ4v) is 2.61. The second-order valence-corrected chi connectivity index (χ2v) is 7.35. The summed E-state index contributed by atoms with van der Waals surface area (Å²) in [5.41, 5.74) is 0.979. The zero-order valence-electron chi connectivity index (χ0n) is 12.6. The van der Waals surface area contributed by atoms with Gasteiger partial charge in [-0.3, -0.25) is 0 Å². The molecular weight excluding hydrogens is 314 g/mol. The van der Waals surface area contributed by atoms with Crippen LogP contribution in [0.3, 0.4) is 0 Å². The summed E-state index contributed by atoms with van der Waals surface area (Å²) in [5.74, 6) is 0.945. The van der Waals surface area contributed by atoms with Crippen LogP contribution in [0, 0.1) is 0 Å². The van der Waals surface area contributed by atoms with Gasteiger partial charge in [0.05, 0.1) is 17.9 Å². The summed E-state index contributed by atoms with van der Waals surface area (Å²) < 4.78 is 33.7. The minimum absolute atomic E-state index is 0.0396. The zero-order valence-corrected chi connectivity index (χ0v) is 14.2. The van der Waals surface area contributed by atoms with Gasteiger partial charge in [0.1, 0.15) is 6.61 Å². The average molecular weight is 336 g/mol. The van der Waals surface area contributed by atoms with Crippen LogP contribution in [0.2, 0.25) is 5.02 Å². The third-order valence-corrected chi connectivity index (χ3v) is 4.90. The Hall–Kier alpha value is -0.980. The van der Waals surface area contributed by atoms with E-state index >= 15 is 0 Å². The molecule has 0 saturated heterocycles. The van der Waals surface area contributed by atoms with Crippen LogP contribution in [0.25, 0.3) is 0 Å². The SMILES string of the molecule is CCNCc1cc(Cl)c(OCCS(=O)(=O)CC)c(OC)c1. The Morgan fingerprint density at radius 3 is 2.57 bits per heavy atom. The summed E-state index contributed by atoms with van der Waals surface area (Å²) in [4.78, 5) is 0. The Labute approximate surface area is 131 Å². The van der Waals surface area contributed by atoms with Gasteiger partial charge in [0, 0.05) is 12.3 Å². The molecule has 1 aromatic rings. The first-order valence-electron chi connectivity index (χ1n) is 6.83. The second kappa shape index (κ2) is 8.46. The van der Waals surface area contributed by atoms with Crippen LogP contribution in [0.4, 0.5) is 0 Å². The fourth-order valence-electron chi connectivity index (χ4n) is 1.70. The van der Waals surface area contributed by atoms with E-state index in [1.165, 1.54) is 7.11 Å². The maximum absolute atomic E-state index is 11.4. The van der Waals surface area contributed by atoms with E-state index in [4.69, 9.17) is 21.1 Å². The number of hydrogen-bond donors (Lipinski definition) is 1. The summed E-state index contributed by atoms with van der Waals surface area (Å²) in [6, 6.07) is 3.62. The number of ether oxygens (including phenoxy) is 2. The standard InChI is InChI=1S/C14H22ClNO4S/c1-4-16-10-11-8-12(15)14(13(9-11)19-3)20-6-7-21(17,18)5-2/h8-9,16H,4-7,10H2,1-3H3. The van der Waals surface area contributed by atoms with Crippen molar-refractivity contribution in [1.82, 2.24) is 5.32 Å². The smallest absolute Gasteiger partial charge is 0.179 e. The molecular formula is C14H22ClNO4S. The molecule has 21 heavy (non-hydrogen) atoms. The van der Waals surface area contributed by atoms with Crippen LogP contribution in [0.5, 0.6) is 11.5 Å². The van der Waals surface area contributed by atoms with Gasteiger partial charge < -0.3 is 14.8 Å². The molecule has 0 aliphatic carbocycles. The lowest BCUT2D eigenvalue weighted by molar-refractivity contribution is 0.311. The topological polar surface area (TPSA) is 64.6 Å². The molecule has 0 fully saturated rings. The third-order valence-electron chi connectivity index (χ3n) is 2.95. The summed E-state index contributed by atoms with van der Waals surface area (Å²) >= 11 is 6.19. The number of nitrogens with one attached hydrogen (secondary N) is 1. The molecule has 0 aliphatic heterocycles. The van der Waals surface area contributed by atoms with Crippen molar-refractivity contribution in [2.24, 2.45) is 0 Å². The van der Waals surface area contributed by atoms with Gasteiger partial charge >= 0.3 is 0 Å². The minimum Gasteiger partial charge on any atom is -0.493 e. The molecule has 0 atom stereocenters. The Morgan fingerprint density at radius 2 is 2.00 bits per heavy atom. The normalized spacial score (nSPS) is 11.4. The summed E-state index contributed by atoms with van der Waals surface area (Å²) in [5, 5.41) is 3.61. The molecule has 7 heteroatoms. The van der Waals surface area contributed by atoms with Crippen LogP contribution in [0.15, 0.2) is 12.1 Å². The van der Waals surface area contributed by atoms with E-state index in [-0.39, 0.29) is 18.1 Å². The zero-order chi connectivity index (χ0) is 15.9. The van der Waals surface area contributed by atoms with Crippen molar-refractivity contribution in [3.63, 3.8) is 0 Å². The number of sulfone groups is 1. The maximum atomic E-state index is 11.4. The average Bonchev–Trinajstić information content (AvgIpc) is 2.46. The summed E-state index contributed by atoms with van der Waals surface area (Å²) in [6.07, 6.45) is 0. The number of hydrogen-bond acceptors (Lipinski definition) is 5. The van der Waals surface area contributed by atoms with E-state index in [9.17, 15) is 8.42 Å². The van der Waals surface area contributed by atoms with Crippen molar-refractivity contribution in [2.75, 3.05) is 31.8 Å². The highest BCUT2D eigenvalue weighted by atomic mass is 35.5. The lowest BCUT2D eigenvalue weighted by atomic mass is 10.2. The van der Waals surface area contributed by atoms with Crippen molar-refractivity contribution < 1.29 is 17.9 Å². The van der Waals surface area contributed by atoms with E-state index in [1.54, 1.807) is 13.0 Å². The predicted octanol–water partition coefficient (Wildman–Crippen LogP) is 2.27. The van der Waals surface area contributed by atoms with Crippen LogP contribution in [-0.4, -0.2) is 40.2 Å². The van der Waals surface area contributed by atoms with Crippen molar-refractivity contribution in [3.05, 3.63) is 22.7 Å². The molecule has 1 aromatic carbocycles. The van der Waals surface area contributed by atoms with E-state index in [0.717, 1.165) is 12.1 Å². The molecule has 0 aromatic heterocycles. The molecule has 0 radical (unpaired) electrons. The van der Waals surface area contributed by atoms with Gasteiger partial charge in [0.2, 0.25) is 0 Å². The van der Waals surface area contributed by atoms with Gasteiger partial charge in [-0.05, 0) is 24.2 Å². The van der Waals surface area contributed by atoms with Crippen molar-refractivity contribution in [2.45, 2.75) is 20.4 Å². The van der Waals surface area contributed by atoms with Crippen molar-refractivity contribution in [1.29, 1.82) is 0 Å². The molecule has 1 N–H and O–H groups in total. The van der Waals surface area contributed by atoms with E-state index < -0.39 is 9.84 Å². The van der Waals surface area contributed by atoms with Gasteiger partial charge in [0.25, 0.3) is 0 Å². The van der Waals surface area contributed by atoms with Gasteiger partial charge in [-0.15, -0.1) is 0 Å². The van der Waals surface area contributed by atoms with Gasteiger partial charge in [-0.1, -0.05) is 25.4 Å². The first-order chi connectivity index (χ1) is 9.93. The third kappa shape index (κ3) is 5.73. The fraction of sp³-hybridized carbons (Fsp3) is 0.571. The molecule has 0 saturated carbocycles. The van der Waals surface area contributed by atoms with Crippen molar-refractivity contribution >= 4 is 21.4 Å². The molecule has 0 spiro atoms. The molecule has 0 unspecified atom stereocenters. The van der Waals surface area contributed by atoms with Crippen LogP contribution in [-0.2, 0) is 16.4 Å². The first kappa shape index (κ1) is 18.1. The molecule has 1 rings (SSSR count). The number of halogens is 1. The Balaban J connectivity index is 2.82. The highest BCUT2D eigenvalue weighted by molar-refractivity contribution is 7.91. The quantitative estimate of drug-likeness (QED) is 0.750. The predicted molar refractivity (Wildman–Crippen MR) is 85.2 cm³/mol. The second-order valence-electron chi connectivity index (χ2n) is 4.47. The molecule has 0 amide bonds.